The average Bonchev–Trinajstić information content (AvgIpc) is 2.85. The second-order valence-corrected chi connectivity index (χ2v) is 6.38. The second-order valence-electron chi connectivity index (χ2n) is 6.38. The normalized spacial score (nSPS) is 25.7. The molecular formula is C17H23N3O3. The van der Waals surface area contributed by atoms with E-state index >= 15 is 0 Å². The van der Waals surface area contributed by atoms with Crippen molar-refractivity contribution in [1.29, 1.82) is 0 Å². The van der Waals surface area contributed by atoms with Gasteiger partial charge in [-0.3, -0.25) is 9.59 Å². The van der Waals surface area contributed by atoms with E-state index in [-0.39, 0.29) is 17.9 Å². The van der Waals surface area contributed by atoms with Gasteiger partial charge in [0.05, 0.1) is 12.7 Å². The molecule has 1 aromatic rings. The van der Waals surface area contributed by atoms with E-state index in [0.717, 1.165) is 12.8 Å². The SMILES string of the molecule is COc1cc(NC(C)=O)ccc1C(=O)NC1C[C@H]2CC[C@@H](C1)N2. The van der Waals surface area contributed by atoms with Gasteiger partial charge in [0.25, 0.3) is 5.91 Å². The molecule has 3 N–H and O–H groups in total. The molecule has 2 heterocycles. The molecule has 2 fully saturated rings. The van der Waals surface area contributed by atoms with Gasteiger partial charge in [0, 0.05) is 36.8 Å². The average molecular weight is 317 g/mol. The zero-order chi connectivity index (χ0) is 16.4. The molecule has 6 heteroatoms. The highest BCUT2D eigenvalue weighted by molar-refractivity contribution is 5.98. The lowest BCUT2D eigenvalue weighted by Gasteiger charge is -2.29. The maximum Gasteiger partial charge on any atom is 0.255 e. The summed E-state index contributed by atoms with van der Waals surface area (Å²) < 4.78 is 5.31. The molecule has 2 bridgehead atoms. The summed E-state index contributed by atoms with van der Waals surface area (Å²) in [6, 6.07) is 6.34. The summed E-state index contributed by atoms with van der Waals surface area (Å²) >= 11 is 0. The Hall–Kier alpha value is -2.08. The van der Waals surface area contributed by atoms with Crippen molar-refractivity contribution in [3.8, 4) is 5.75 Å². The van der Waals surface area contributed by atoms with E-state index in [4.69, 9.17) is 4.74 Å². The molecule has 6 nitrogen and oxygen atoms in total. The molecule has 0 spiro atoms. The number of anilines is 1. The van der Waals surface area contributed by atoms with Gasteiger partial charge < -0.3 is 20.7 Å². The zero-order valence-electron chi connectivity index (χ0n) is 13.5. The van der Waals surface area contributed by atoms with E-state index in [9.17, 15) is 9.59 Å². The van der Waals surface area contributed by atoms with E-state index in [1.165, 1.54) is 26.9 Å². The molecule has 0 aliphatic carbocycles. The van der Waals surface area contributed by atoms with Crippen molar-refractivity contribution in [2.45, 2.75) is 50.7 Å². The van der Waals surface area contributed by atoms with Crippen LogP contribution in [0.25, 0.3) is 0 Å². The molecule has 1 aromatic carbocycles. The smallest absolute Gasteiger partial charge is 0.255 e. The number of fused-ring (bicyclic) bond motifs is 2. The number of benzene rings is 1. The summed E-state index contributed by atoms with van der Waals surface area (Å²) in [4.78, 5) is 23.7. The van der Waals surface area contributed by atoms with Gasteiger partial charge >= 0.3 is 0 Å². The molecule has 2 amide bonds. The summed E-state index contributed by atoms with van der Waals surface area (Å²) in [5.74, 6) is 0.183. The Balaban J connectivity index is 1.70. The molecule has 0 saturated carbocycles. The number of ether oxygens (including phenoxy) is 1. The van der Waals surface area contributed by atoms with Gasteiger partial charge in [-0.15, -0.1) is 0 Å². The van der Waals surface area contributed by atoms with Crippen molar-refractivity contribution in [2.75, 3.05) is 12.4 Å². The van der Waals surface area contributed by atoms with Crippen molar-refractivity contribution in [3.63, 3.8) is 0 Å². The standard InChI is InChI=1S/C17H23N3O3/c1-10(21)18-13-5-6-15(16(9-13)23-2)17(22)20-14-7-11-3-4-12(8-14)19-11/h5-6,9,11-12,14,19H,3-4,7-8H2,1-2H3,(H,18,21)(H,20,22)/t11-,12+,14?. The van der Waals surface area contributed by atoms with Gasteiger partial charge in [0.1, 0.15) is 5.75 Å². The largest absolute Gasteiger partial charge is 0.496 e. The predicted octanol–water partition coefficient (Wildman–Crippen LogP) is 1.67. The summed E-state index contributed by atoms with van der Waals surface area (Å²) in [6.45, 7) is 1.44. The monoisotopic (exact) mass is 317 g/mol. The van der Waals surface area contributed by atoms with Crippen molar-refractivity contribution in [1.82, 2.24) is 10.6 Å². The first-order chi connectivity index (χ1) is 11.0. The number of nitrogens with one attached hydrogen (secondary N) is 3. The van der Waals surface area contributed by atoms with Crippen molar-refractivity contribution in [3.05, 3.63) is 23.8 Å². The Bertz CT molecular complexity index is 605. The molecule has 2 saturated heterocycles. The first-order valence-corrected chi connectivity index (χ1v) is 8.07. The zero-order valence-corrected chi connectivity index (χ0v) is 13.5. The lowest BCUT2D eigenvalue weighted by Crippen LogP contribution is -2.48. The number of piperidine rings is 1. The minimum Gasteiger partial charge on any atom is -0.496 e. The molecule has 2 aliphatic heterocycles. The highest BCUT2D eigenvalue weighted by Crippen LogP contribution is 2.28. The van der Waals surface area contributed by atoms with Crippen LogP contribution >= 0.6 is 0 Å². The fourth-order valence-electron chi connectivity index (χ4n) is 3.60. The van der Waals surface area contributed by atoms with Gasteiger partial charge in [-0.2, -0.15) is 0 Å². The van der Waals surface area contributed by atoms with Crippen LogP contribution in [0, 0.1) is 0 Å². The summed E-state index contributed by atoms with van der Waals surface area (Å²) in [5.41, 5.74) is 1.11. The Labute approximate surface area is 136 Å². The lowest BCUT2D eigenvalue weighted by molar-refractivity contribution is -0.114. The van der Waals surface area contributed by atoms with Crippen LogP contribution in [0.4, 0.5) is 5.69 Å². The van der Waals surface area contributed by atoms with Crippen molar-refractivity contribution < 1.29 is 14.3 Å². The predicted molar refractivity (Wildman–Crippen MR) is 87.7 cm³/mol. The molecule has 2 aliphatic rings. The van der Waals surface area contributed by atoms with Crippen LogP contribution in [-0.2, 0) is 4.79 Å². The Morgan fingerprint density at radius 3 is 2.52 bits per heavy atom. The van der Waals surface area contributed by atoms with E-state index in [1.807, 2.05) is 0 Å². The minimum absolute atomic E-state index is 0.123. The quantitative estimate of drug-likeness (QED) is 0.789. The van der Waals surface area contributed by atoms with Gasteiger partial charge in [-0.1, -0.05) is 0 Å². The summed E-state index contributed by atoms with van der Waals surface area (Å²) in [7, 11) is 1.52. The summed E-state index contributed by atoms with van der Waals surface area (Å²) in [5, 5.41) is 9.38. The van der Waals surface area contributed by atoms with Crippen LogP contribution in [0.1, 0.15) is 43.0 Å². The number of carbonyl (C=O) groups excluding carboxylic acids is 2. The highest BCUT2D eigenvalue weighted by Gasteiger charge is 2.34. The number of methoxy groups -OCH3 is 1. The second kappa shape index (κ2) is 6.58. The van der Waals surface area contributed by atoms with Crippen molar-refractivity contribution in [2.24, 2.45) is 0 Å². The molecular weight excluding hydrogens is 294 g/mol. The van der Waals surface area contributed by atoms with Crippen LogP contribution in [0.2, 0.25) is 0 Å². The van der Waals surface area contributed by atoms with Gasteiger partial charge in [0.2, 0.25) is 5.91 Å². The minimum atomic E-state index is -0.158. The molecule has 3 atom stereocenters. The third kappa shape index (κ3) is 3.64. The van der Waals surface area contributed by atoms with Crippen LogP contribution in [-0.4, -0.2) is 37.0 Å². The lowest BCUT2D eigenvalue weighted by atomic mass is 9.99. The van der Waals surface area contributed by atoms with E-state index in [2.05, 4.69) is 16.0 Å². The third-order valence-corrected chi connectivity index (χ3v) is 4.57. The van der Waals surface area contributed by atoms with Gasteiger partial charge in [-0.25, -0.2) is 0 Å². The molecule has 124 valence electrons. The highest BCUT2D eigenvalue weighted by atomic mass is 16.5. The Kier molecular flexibility index (Phi) is 4.52. The molecule has 0 aromatic heterocycles. The molecule has 1 unspecified atom stereocenters. The molecule has 3 rings (SSSR count). The number of hydrogen-bond donors (Lipinski definition) is 3. The van der Waals surface area contributed by atoms with Gasteiger partial charge in [-0.05, 0) is 37.8 Å². The van der Waals surface area contributed by atoms with E-state index in [1.54, 1.807) is 18.2 Å². The Morgan fingerprint density at radius 2 is 1.91 bits per heavy atom. The van der Waals surface area contributed by atoms with Crippen LogP contribution in [0.15, 0.2) is 18.2 Å². The number of hydrogen-bond acceptors (Lipinski definition) is 4. The number of amides is 2. The van der Waals surface area contributed by atoms with Crippen molar-refractivity contribution >= 4 is 17.5 Å². The topological polar surface area (TPSA) is 79.5 Å². The summed E-state index contributed by atoms with van der Waals surface area (Å²) in [6.07, 6.45) is 4.36. The maximum atomic E-state index is 12.6. The fraction of sp³-hybridized carbons (Fsp3) is 0.529. The first kappa shape index (κ1) is 15.8. The van der Waals surface area contributed by atoms with Crippen LogP contribution in [0.5, 0.6) is 5.75 Å². The maximum absolute atomic E-state index is 12.6. The van der Waals surface area contributed by atoms with Gasteiger partial charge in [0.15, 0.2) is 0 Å². The van der Waals surface area contributed by atoms with Crippen LogP contribution < -0.4 is 20.7 Å². The van der Waals surface area contributed by atoms with E-state index in [0.29, 0.717) is 29.1 Å². The number of carbonyl (C=O) groups is 2. The fourth-order valence-corrected chi connectivity index (χ4v) is 3.60. The molecule has 23 heavy (non-hydrogen) atoms. The third-order valence-electron chi connectivity index (χ3n) is 4.57. The Morgan fingerprint density at radius 1 is 1.22 bits per heavy atom. The van der Waals surface area contributed by atoms with E-state index < -0.39 is 0 Å². The molecule has 0 radical (unpaired) electrons. The number of rotatable bonds is 4. The first-order valence-electron chi connectivity index (χ1n) is 8.07. The van der Waals surface area contributed by atoms with Crippen LogP contribution in [0.3, 0.4) is 0 Å².